The SMILES string of the molecule is CC(O)(C#N)CNC(=O)OCc1ccccc1. The van der Waals surface area contributed by atoms with Crippen molar-refractivity contribution in [3.8, 4) is 6.07 Å². The third kappa shape index (κ3) is 5.00. The number of nitriles is 1. The fourth-order valence-electron chi connectivity index (χ4n) is 1.06. The van der Waals surface area contributed by atoms with Crippen molar-refractivity contribution in [2.75, 3.05) is 6.54 Å². The largest absolute Gasteiger partial charge is 0.445 e. The predicted octanol–water partition coefficient (Wildman–Crippen LogP) is 1.19. The first-order valence-electron chi connectivity index (χ1n) is 5.12. The number of nitrogens with one attached hydrogen (secondary N) is 1. The van der Waals surface area contributed by atoms with Crippen LogP contribution in [0.15, 0.2) is 30.3 Å². The average molecular weight is 234 g/mol. The van der Waals surface area contributed by atoms with E-state index in [9.17, 15) is 9.90 Å². The first-order chi connectivity index (χ1) is 8.03. The number of nitrogens with zero attached hydrogens (tertiary/aromatic N) is 1. The van der Waals surface area contributed by atoms with E-state index in [-0.39, 0.29) is 13.2 Å². The summed E-state index contributed by atoms with van der Waals surface area (Å²) < 4.78 is 4.90. The summed E-state index contributed by atoms with van der Waals surface area (Å²) in [5, 5.41) is 20.2. The van der Waals surface area contributed by atoms with Gasteiger partial charge < -0.3 is 15.2 Å². The number of alkyl carbamates (subject to hydrolysis) is 1. The summed E-state index contributed by atoms with van der Waals surface area (Å²) >= 11 is 0. The van der Waals surface area contributed by atoms with Crippen molar-refractivity contribution >= 4 is 6.09 Å². The van der Waals surface area contributed by atoms with E-state index in [1.165, 1.54) is 6.92 Å². The van der Waals surface area contributed by atoms with Crippen LogP contribution < -0.4 is 5.32 Å². The van der Waals surface area contributed by atoms with E-state index in [0.29, 0.717) is 0 Å². The third-order valence-corrected chi connectivity index (χ3v) is 2.03. The zero-order valence-corrected chi connectivity index (χ0v) is 9.51. The molecule has 0 aromatic heterocycles. The first-order valence-corrected chi connectivity index (χ1v) is 5.12. The predicted molar refractivity (Wildman–Crippen MR) is 60.9 cm³/mol. The minimum absolute atomic E-state index is 0.154. The van der Waals surface area contributed by atoms with E-state index in [2.05, 4.69) is 5.32 Å². The molecule has 2 N–H and O–H groups in total. The summed E-state index contributed by atoms with van der Waals surface area (Å²) in [6, 6.07) is 10.9. The highest BCUT2D eigenvalue weighted by atomic mass is 16.5. The molecule has 0 aliphatic heterocycles. The summed E-state index contributed by atoms with van der Waals surface area (Å²) in [6.45, 7) is 1.29. The molecule has 5 nitrogen and oxygen atoms in total. The van der Waals surface area contributed by atoms with Gasteiger partial charge in [-0.1, -0.05) is 30.3 Å². The van der Waals surface area contributed by atoms with Crippen molar-refractivity contribution in [1.82, 2.24) is 5.32 Å². The van der Waals surface area contributed by atoms with Crippen LogP contribution in [-0.4, -0.2) is 23.3 Å². The van der Waals surface area contributed by atoms with Crippen molar-refractivity contribution < 1.29 is 14.6 Å². The summed E-state index contributed by atoms with van der Waals surface area (Å²) in [6.07, 6.45) is -0.663. The lowest BCUT2D eigenvalue weighted by Gasteiger charge is -2.14. The molecule has 0 saturated carbocycles. The van der Waals surface area contributed by atoms with Crippen molar-refractivity contribution in [1.29, 1.82) is 5.26 Å². The number of benzene rings is 1. The summed E-state index contributed by atoms with van der Waals surface area (Å²) in [5.74, 6) is 0. The molecule has 0 heterocycles. The molecule has 1 aromatic carbocycles. The minimum Gasteiger partial charge on any atom is -0.445 e. The Bertz CT molecular complexity index is 410. The fraction of sp³-hybridized carbons (Fsp3) is 0.333. The number of aliphatic hydroxyl groups is 1. The molecular weight excluding hydrogens is 220 g/mol. The molecular formula is C12H14N2O3. The Morgan fingerprint density at radius 3 is 2.76 bits per heavy atom. The van der Waals surface area contributed by atoms with Gasteiger partial charge in [0.1, 0.15) is 6.61 Å². The van der Waals surface area contributed by atoms with Gasteiger partial charge in [0, 0.05) is 0 Å². The lowest BCUT2D eigenvalue weighted by Crippen LogP contribution is -2.39. The smallest absolute Gasteiger partial charge is 0.407 e. The van der Waals surface area contributed by atoms with Crippen LogP contribution in [0.25, 0.3) is 0 Å². The van der Waals surface area contributed by atoms with Crippen LogP contribution in [0.1, 0.15) is 12.5 Å². The van der Waals surface area contributed by atoms with Crippen molar-refractivity contribution in [3.05, 3.63) is 35.9 Å². The van der Waals surface area contributed by atoms with Gasteiger partial charge in [-0.2, -0.15) is 5.26 Å². The molecule has 1 amide bonds. The van der Waals surface area contributed by atoms with E-state index >= 15 is 0 Å². The summed E-state index contributed by atoms with van der Waals surface area (Å²) in [7, 11) is 0. The highest BCUT2D eigenvalue weighted by molar-refractivity contribution is 5.67. The molecule has 0 aliphatic rings. The second-order valence-corrected chi connectivity index (χ2v) is 3.80. The summed E-state index contributed by atoms with van der Waals surface area (Å²) in [4.78, 5) is 11.2. The minimum atomic E-state index is -1.58. The summed E-state index contributed by atoms with van der Waals surface area (Å²) in [5.41, 5.74) is -0.708. The number of hydrogen-bond donors (Lipinski definition) is 2. The number of amides is 1. The van der Waals surface area contributed by atoms with Crippen LogP contribution in [0.5, 0.6) is 0 Å². The second-order valence-electron chi connectivity index (χ2n) is 3.80. The Labute approximate surface area is 99.6 Å². The molecule has 0 bridgehead atoms. The Morgan fingerprint density at radius 2 is 2.18 bits per heavy atom. The lowest BCUT2D eigenvalue weighted by atomic mass is 10.1. The standard InChI is InChI=1S/C12H14N2O3/c1-12(16,8-13)9-14-11(15)17-7-10-5-3-2-4-6-10/h2-6,16H,7,9H2,1H3,(H,14,15). The van der Waals surface area contributed by atoms with Crippen LogP contribution >= 0.6 is 0 Å². The van der Waals surface area contributed by atoms with Gasteiger partial charge in [-0.3, -0.25) is 0 Å². The number of ether oxygens (including phenoxy) is 1. The van der Waals surface area contributed by atoms with Gasteiger partial charge in [0.25, 0.3) is 0 Å². The number of hydrogen-bond acceptors (Lipinski definition) is 4. The Kier molecular flexibility index (Phi) is 4.49. The molecule has 0 saturated heterocycles. The second kappa shape index (κ2) is 5.87. The highest BCUT2D eigenvalue weighted by Crippen LogP contribution is 2.01. The highest BCUT2D eigenvalue weighted by Gasteiger charge is 2.20. The molecule has 1 aromatic rings. The van der Waals surface area contributed by atoms with Crippen molar-refractivity contribution in [2.24, 2.45) is 0 Å². The maximum atomic E-state index is 11.2. The average Bonchev–Trinajstić information content (AvgIpc) is 2.35. The van der Waals surface area contributed by atoms with Gasteiger partial charge in [0.2, 0.25) is 0 Å². The van der Waals surface area contributed by atoms with Gasteiger partial charge in [0.15, 0.2) is 5.60 Å². The van der Waals surface area contributed by atoms with E-state index < -0.39 is 11.7 Å². The molecule has 0 spiro atoms. The molecule has 1 atom stereocenters. The van der Waals surface area contributed by atoms with Crippen LogP contribution in [-0.2, 0) is 11.3 Å². The van der Waals surface area contributed by atoms with Crippen molar-refractivity contribution in [3.63, 3.8) is 0 Å². The molecule has 0 fully saturated rings. The Balaban J connectivity index is 2.30. The molecule has 1 rings (SSSR count). The maximum Gasteiger partial charge on any atom is 0.407 e. The number of rotatable bonds is 4. The van der Waals surface area contributed by atoms with Crippen LogP contribution in [0, 0.1) is 11.3 Å². The zero-order valence-electron chi connectivity index (χ0n) is 9.51. The van der Waals surface area contributed by atoms with Crippen LogP contribution in [0.4, 0.5) is 4.79 Å². The molecule has 0 aliphatic carbocycles. The van der Waals surface area contributed by atoms with E-state index in [1.54, 1.807) is 6.07 Å². The zero-order chi connectivity index (χ0) is 12.7. The van der Waals surface area contributed by atoms with Crippen LogP contribution in [0.3, 0.4) is 0 Å². The quantitative estimate of drug-likeness (QED) is 0.766. The van der Waals surface area contributed by atoms with E-state index in [4.69, 9.17) is 10.00 Å². The molecule has 17 heavy (non-hydrogen) atoms. The normalized spacial score (nSPS) is 13.2. The fourth-order valence-corrected chi connectivity index (χ4v) is 1.06. The van der Waals surface area contributed by atoms with Crippen molar-refractivity contribution in [2.45, 2.75) is 19.1 Å². The first kappa shape index (κ1) is 13.0. The van der Waals surface area contributed by atoms with Gasteiger partial charge in [-0.15, -0.1) is 0 Å². The monoisotopic (exact) mass is 234 g/mol. The van der Waals surface area contributed by atoms with Gasteiger partial charge >= 0.3 is 6.09 Å². The molecule has 5 heteroatoms. The van der Waals surface area contributed by atoms with Gasteiger partial charge in [-0.25, -0.2) is 4.79 Å². The van der Waals surface area contributed by atoms with E-state index in [1.807, 2.05) is 30.3 Å². The van der Waals surface area contributed by atoms with Gasteiger partial charge in [-0.05, 0) is 12.5 Å². The van der Waals surface area contributed by atoms with Gasteiger partial charge in [0.05, 0.1) is 12.6 Å². The third-order valence-electron chi connectivity index (χ3n) is 2.03. The molecule has 90 valence electrons. The maximum absolute atomic E-state index is 11.2. The molecule has 0 radical (unpaired) electrons. The Hall–Kier alpha value is -2.06. The lowest BCUT2D eigenvalue weighted by molar-refractivity contribution is 0.102. The Morgan fingerprint density at radius 1 is 1.53 bits per heavy atom. The topological polar surface area (TPSA) is 82.4 Å². The van der Waals surface area contributed by atoms with E-state index in [0.717, 1.165) is 5.56 Å². The molecule has 1 unspecified atom stereocenters. The number of carbonyl (C=O) groups is 1. The number of carbonyl (C=O) groups excluding carboxylic acids is 1. The van der Waals surface area contributed by atoms with Crippen LogP contribution in [0.2, 0.25) is 0 Å².